The van der Waals surface area contributed by atoms with Gasteiger partial charge in [-0.1, -0.05) is 148 Å². The second kappa shape index (κ2) is 31.2. The first-order valence-electron chi connectivity index (χ1n) is 27.2. The molecule has 400 valence electrons. The minimum atomic E-state index is -3.78. The highest BCUT2D eigenvalue weighted by atomic mass is 31.2. The quantitative estimate of drug-likeness (QED) is 0.0166. The minimum Gasteiger partial charge on any atom is -0.457 e. The molecule has 3 N–H and O–H groups in total. The van der Waals surface area contributed by atoms with Crippen molar-refractivity contribution in [2.75, 3.05) is 39.1 Å². The van der Waals surface area contributed by atoms with Crippen LogP contribution in [0.3, 0.4) is 0 Å². The molecule has 2 aliphatic rings. The van der Waals surface area contributed by atoms with E-state index in [1.165, 1.54) is 83.5 Å². The molecule has 0 saturated carbocycles. The van der Waals surface area contributed by atoms with Crippen LogP contribution in [0, 0.1) is 0 Å². The maximum absolute atomic E-state index is 13.8. The summed E-state index contributed by atoms with van der Waals surface area (Å²) in [6, 6.07) is 11.4. The van der Waals surface area contributed by atoms with Crippen molar-refractivity contribution in [1.29, 1.82) is 0 Å². The third-order valence-electron chi connectivity index (χ3n) is 13.6. The number of para-hydroxylation sites is 1. The Morgan fingerprint density at radius 1 is 0.792 bits per heavy atom. The maximum Gasteiger partial charge on any atom is 0.408 e. The Morgan fingerprint density at radius 2 is 1.42 bits per heavy atom. The molecule has 4 heterocycles. The van der Waals surface area contributed by atoms with Crippen LogP contribution >= 0.6 is 7.60 Å². The van der Waals surface area contributed by atoms with Gasteiger partial charge in [0.05, 0.1) is 42.2 Å². The summed E-state index contributed by atoms with van der Waals surface area (Å²) in [6.45, 7) is 6.41. The maximum atomic E-state index is 13.8. The van der Waals surface area contributed by atoms with Gasteiger partial charge in [0.2, 0.25) is 11.5 Å². The number of amides is 2. The van der Waals surface area contributed by atoms with Crippen LogP contribution in [-0.2, 0) is 61.2 Å². The van der Waals surface area contributed by atoms with Crippen molar-refractivity contribution < 1.29 is 52.1 Å². The molecule has 1 aromatic carbocycles. The first-order valence-corrected chi connectivity index (χ1v) is 29.0. The molecular formula is C55H83N4O12P. The molecule has 16 nitrogen and oxygen atoms in total. The predicted octanol–water partition coefficient (Wildman–Crippen LogP) is 11.1. The van der Waals surface area contributed by atoms with Gasteiger partial charge in [-0.25, -0.2) is 14.6 Å². The Bertz CT molecular complexity index is 2300. The van der Waals surface area contributed by atoms with Gasteiger partial charge in [0.15, 0.2) is 0 Å². The standard InChI is InChI=1S/C55H83N4O12P/c1-4-7-8-9-10-11-12-13-14-15-16-17-18-22-27-34-67-39-44(40-69-72(65,66)35-5-2)70-50(61)31-24-21-19-20-23-30-49(60)56-32-33-57-54(64)71-55(6-3)46-37-48-51-43(36-42-28-25-26-29-47(42)58-51)38-59(48)52(62)45(46)41-68-53(55)63/h25-26,28-29,36-37,44H,4-24,27,30-35,38-41H2,1-3H3,(H,56,60)(H,57,64)(H,65,66)/t44?,55-/m0/s1. The number of aromatic nitrogens is 2. The first-order chi connectivity index (χ1) is 34.9. The first kappa shape index (κ1) is 58.3. The third-order valence-corrected chi connectivity index (χ3v) is 15.2. The molecule has 0 radical (unpaired) electrons. The third kappa shape index (κ3) is 18.4. The van der Waals surface area contributed by atoms with Gasteiger partial charge in [-0.05, 0) is 50.3 Å². The van der Waals surface area contributed by atoms with Crippen molar-refractivity contribution in [2.24, 2.45) is 0 Å². The Balaban J connectivity index is 0.923. The number of esters is 2. The zero-order chi connectivity index (χ0) is 51.6. The Labute approximate surface area is 427 Å². The summed E-state index contributed by atoms with van der Waals surface area (Å²) in [5.41, 5.74) is 1.16. The number of benzene rings is 1. The number of alkyl carbamates (subject to hydrolysis) is 1. The van der Waals surface area contributed by atoms with Crippen LogP contribution in [0.1, 0.15) is 192 Å². The number of nitrogens with zero attached hydrogens (tertiary/aromatic N) is 2. The number of hydrogen-bond donors (Lipinski definition) is 3. The zero-order valence-corrected chi connectivity index (χ0v) is 44.3. The fraction of sp³-hybridized carbons (Fsp3) is 0.673. The molecule has 2 unspecified atom stereocenters. The fourth-order valence-corrected chi connectivity index (χ4v) is 10.6. The smallest absolute Gasteiger partial charge is 0.408 e. The molecule has 0 fully saturated rings. The number of fused-ring (bicyclic) bond motifs is 5. The second-order valence-electron chi connectivity index (χ2n) is 19.5. The monoisotopic (exact) mass is 1020 g/mol. The average molecular weight is 1020 g/mol. The zero-order valence-electron chi connectivity index (χ0n) is 43.4. The summed E-state index contributed by atoms with van der Waals surface area (Å²) in [4.78, 5) is 80.6. The van der Waals surface area contributed by atoms with Crippen LogP contribution in [0.4, 0.5) is 4.79 Å². The number of unbranched alkanes of at least 4 members (excludes halogenated alkanes) is 18. The van der Waals surface area contributed by atoms with E-state index in [0.29, 0.717) is 43.8 Å². The average Bonchev–Trinajstić information content (AvgIpc) is 3.72. The van der Waals surface area contributed by atoms with Crippen molar-refractivity contribution >= 4 is 42.4 Å². The van der Waals surface area contributed by atoms with E-state index in [1.54, 1.807) is 24.5 Å². The lowest BCUT2D eigenvalue weighted by atomic mass is 9.85. The van der Waals surface area contributed by atoms with E-state index >= 15 is 0 Å². The SMILES string of the molecule is CCCCCCCCCCCCCCCCCOCC(COP(=O)(O)CCC)OC(=O)CCCCCCCC(=O)NCCNC(=O)O[C@]1(CC)C(=O)OCc2c1cc1n(c2=O)Cc2cc3ccccc3nc2-1. The van der Waals surface area contributed by atoms with Crippen molar-refractivity contribution in [1.82, 2.24) is 20.2 Å². The summed E-state index contributed by atoms with van der Waals surface area (Å²) in [7, 11) is -3.78. The number of pyridine rings is 2. The normalized spacial score (nSPS) is 16.0. The highest BCUT2D eigenvalue weighted by Gasteiger charge is 2.50. The fourth-order valence-electron chi connectivity index (χ4n) is 9.51. The van der Waals surface area contributed by atoms with Gasteiger partial charge >= 0.3 is 25.6 Å². The lowest BCUT2D eigenvalue weighted by Crippen LogP contribution is -2.49. The van der Waals surface area contributed by atoms with Crippen LogP contribution in [0.15, 0.2) is 41.2 Å². The topological polar surface area (TPSA) is 211 Å². The molecule has 0 saturated heterocycles. The molecule has 0 spiro atoms. The van der Waals surface area contributed by atoms with Crippen LogP contribution in [0.2, 0.25) is 0 Å². The van der Waals surface area contributed by atoms with E-state index in [9.17, 15) is 33.4 Å². The van der Waals surface area contributed by atoms with Crippen LogP contribution in [0.25, 0.3) is 22.3 Å². The molecule has 5 rings (SSSR count). The van der Waals surface area contributed by atoms with E-state index in [2.05, 4.69) is 17.6 Å². The molecule has 72 heavy (non-hydrogen) atoms. The number of cyclic esters (lactones) is 1. The molecular weight excluding hydrogens is 940 g/mol. The van der Waals surface area contributed by atoms with Crippen molar-refractivity contribution in [3.63, 3.8) is 0 Å². The molecule has 2 aliphatic heterocycles. The molecule has 2 aromatic heterocycles. The molecule has 0 aliphatic carbocycles. The van der Waals surface area contributed by atoms with Gasteiger partial charge in [0.1, 0.15) is 12.7 Å². The Hall–Kier alpha value is -4.63. The highest BCUT2D eigenvalue weighted by molar-refractivity contribution is 7.52. The van der Waals surface area contributed by atoms with Gasteiger partial charge < -0.3 is 43.6 Å². The van der Waals surface area contributed by atoms with Gasteiger partial charge in [0.25, 0.3) is 5.56 Å². The number of ether oxygens (including phenoxy) is 4. The van der Waals surface area contributed by atoms with E-state index < -0.39 is 37.3 Å². The molecule has 3 aromatic rings. The summed E-state index contributed by atoms with van der Waals surface area (Å²) in [6.07, 6.45) is 22.1. The number of carbonyl (C=O) groups is 4. The second-order valence-corrected chi connectivity index (χ2v) is 21.5. The summed E-state index contributed by atoms with van der Waals surface area (Å²) >= 11 is 0. The molecule has 17 heteroatoms. The number of carbonyl (C=O) groups excluding carboxylic acids is 4. The molecule has 2 amide bonds. The summed E-state index contributed by atoms with van der Waals surface area (Å²) in [5, 5.41) is 6.34. The van der Waals surface area contributed by atoms with E-state index in [1.807, 2.05) is 30.3 Å². The van der Waals surface area contributed by atoms with E-state index in [0.717, 1.165) is 48.6 Å². The minimum absolute atomic E-state index is 0.0224. The molecule has 3 atom stereocenters. The Morgan fingerprint density at radius 3 is 2.08 bits per heavy atom. The van der Waals surface area contributed by atoms with Crippen LogP contribution in [-0.4, -0.2) is 83.6 Å². The largest absolute Gasteiger partial charge is 0.457 e. The van der Waals surface area contributed by atoms with Crippen LogP contribution in [0.5, 0.6) is 0 Å². The highest BCUT2D eigenvalue weighted by Crippen LogP contribution is 2.43. The summed E-state index contributed by atoms with van der Waals surface area (Å²) in [5.74, 6) is -1.36. The van der Waals surface area contributed by atoms with Crippen LogP contribution < -0.4 is 16.2 Å². The van der Waals surface area contributed by atoms with Crippen molar-refractivity contribution in [2.45, 2.75) is 200 Å². The van der Waals surface area contributed by atoms with E-state index in [-0.39, 0.29) is 80.9 Å². The molecule has 0 bridgehead atoms. The van der Waals surface area contributed by atoms with Crippen molar-refractivity contribution in [3.8, 4) is 11.4 Å². The van der Waals surface area contributed by atoms with Crippen molar-refractivity contribution in [3.05, 3.63) is 63.4 Å². The van der Waals surface area contributed by atoms with E-state index in [4.69, 9.17) is 28.5 Å². The lowest BCUT2D eigenvalue weighted by molar-refractivity contribution is -0.172. The predicted molar refractivity (Wildman–Crippen MR) is 279 cm³/mol. The Kier molecular flexibility index (Phi) is 25.2. The lowest BCUT2D eigenvalue weighted by Gasteiger charge is -2.35. The number of nitrogens with one attached hydrogen (secondary N) is 2. The van der Waals surface area contributed by atoms with Gasteiger partial charge in [-0.3, -0.25) is 18.9 Å². The summed E-state index contributed by atoms with van der Waals surface area (Å²) < 4.78 is 42.0. The van der Waals surface area contributed by atoms with Gasteiger partial charge in [-0.15, -0.1) is 0 Å². The van der Waals surface area contributed by atoms with Gasteiger partial charge in [0, 0.05) is 55.2 Å². The van der Waals surface area contributed by atoms with Gasteiger partial charge in [-0.2, -0.15) is 0 Å². The number of hydrogen-bond acceptors (Lipinski definition) is 12. The number of rotatable bonds is 37.